The molecule has 0 spiro atoms. The van der Waals surface area contributed by atoms with E-state index in [9.17, 15) is 13.2 Å². The molecule has 0 atom stereocenters. The third kappa shape index (κ3) is 1.36. The summed E-state index contributed by atoms with van der Waals surface area (Å²) >= 11 is 0. The van der Waals surface area contributed by atoms with Crippen molar-refractivity contribution in [1.82, 2.24) is 4.90 Å². The number of nitrogens with zero attached hydrogens (tertiary/aromatic N) is 1. The van der Waals surface area contributed by atoms with E-state index in [-0.39, 0.29) is 13.1 Å². The molecule has 0 aromatic heterocycles. The standard InChI is InChI=1S/C5H8F3N/c1-9-2-4(3-9)5(6,7)8/h4H,2-3H2,1H3. The van der Waals surface area contributed by atoms with Crippen LogP contribution in [0.2, 0.25) is 0 Å². The molecule has 1 fully saturated rings. The Morgan fingerprint density at radius 3 is 1.89 bits per heavy atom. The van der Waals surface area contributed by atoms with E-state index in [1.54, 1.807) is 11.9 Å². The van der Waals surface area contributed by atoms with Crippen molar-refractivity contribution in [2.24, 2.45) is 5.92 Å². The highest BCUT2D eigenvalue weighted by Crippen LogP contribution is 2.32. The van der Waals surface area contributed by atoms with Crippen LogP contribution in [0, 0.1) is 5.92 Å². The molecule has 0 bridgehead atoms. The number of rotatable bonds is 0. The fourth-order valence-electron chi connectivity index (χ4n) is 0.906. The number of hydrogen-bond acceptors (Lipinski definition) is 1. The molecule has 1 heterocycles. The van der Waals surface area contributed by atoms with Crippen LogP contribution < -0.4 is 0 Å². The summed E-state index contributed by atoms with van der Waals surface area (Å²) in [7, 11) is 1.68. The van der Waals surface area contributed by atoms with Crippen LogP contribution in [0.5, 0.6) is 0 Å². The van der Waals surface area contributed by atoms with Crippen LogP contribution in [-0.2, 0) is 0 Å². The second-order valence-electron chi connectivity index (χ2n) is 2.46. The molecule has 4 heteroatoms. The highest BCUT2D eigenvalue weighted by Gasteiger charge is 2.45. The molecule has 1 saturated heterocycles. The molecule has 1 nitrogen and oxygen atoms in total. The van der Waals surface area contributed by atoms with E-state index in [0.717, 1.165) is 0 Å². The average Bonchev–Trinajstić information content (AvgIpc) is 1.55. The van der Waals surface area contributed by atoms with Gasteiger partial charge in [-0.1, -0.05) is 0 Å². The Kier molecular flexibility index (Phi) is 1.42. The van der Waals surface area contributed by atoms with Crippen LogP contribution in [0.25, 0.3) is 0 Å². The van der Waals surface area contributed by atoms with Gasteiger partial charge < -0.3 is 4.90 Å². The summed E-state index contributed by atoms with van der Waals surface area (Å²) in [6, 6.07) is 0. The third-order valence-electron chi connectivity index (χ3n) is 1.53. The van der Waals surface area contributed by atoms with E-state index in [2.05, 4.69) is 0 Å². The van der Waals surface area contributed by atoms with Gasteiger partial charge in [0.1, 0.15) is 0 Å². The number of alkyl halides is 3. The van der Waals surface area contributed by atoms with E-state index in [1.165, 1.54) is 0 Å². The van der Waals surface area contributed by atoms with Gasteiger partial charge in [0.05, 0.1) is 5.92 Å². The molecule has 0 unspecified atom stereocenters. The summed E-state index contributed by atoms with van der Waals surface area (Å²) in [6.45, 7) is 0.340. The first-order valence-electron chi connectivity index (χ1n) is 2.75. The van der Waals surface area contributed by atoms with Gasteiger partial charge in [-0.15, -0.1) is 0 Å². The third-order valence-corrected chi connectivity index (χ3v) is 1.53. The van der Waals surface area contributed by atoms with Crippen LogP contribution in [0.15, 0.2) is 0 Å². The highest BCUT2D eigenvalue weighted by atomic mass is 19.4. The molecule has 0 saturated carbocycles. The Morgan fingerprint density at radius 2 is 1.78 bits per heavy atom. The van der Waals surface area contributed by atoms with Gasteiger partial charge in [0.25, 0.3) is 0 Å². The molecule has 0 aromatic carbocycles. The summed E-state index contributed by atoms with van der Waals surface area (Å²) in [5.74, 6) is -1.07. The predicted octanol–water partition coefficient (Wildman–Crippen LogP) is 1.11. The predicted molar refractivity (Wildman–Crippen MR) is 27.0 cm³/mol. The first-order chi connectivity index (χ1) is 4.00. The molecular formula is C5H8F3N. The van der Waals surface area contributed by atoms with Crippen LogP contribution >= 0.6 is 0 Å². The van der Waals surface area contributed by atoms with Crippen molar-refractivity contribution >= 4 is 0 Å². The maximum atomic E-state index is 11.6. The zero-order valence-corrected chi connectivity index (χ0v) is 5.07. The fraction of sp³-hybridized carbons (Fsp3) is 1.00. The normalized spacial score (nSPS) is 24.0. The van der Waals surface area contributed by atoms with E-state index < -0.39 is 12.1 Å². The smallest absolute Gasteiger partial charge is 0.305 e. The quantitative estimate of drug-likeness (QED) is 0.486. The Labute approximate surface area is 51.4 Å². The Balaban J connectivity index is 2.32. The zero-order valence-electron chi connectivity index (χ0n) is 5.07. The number of hydrogen-bond donors (Lipinski definition) is 0. The molecule has 0 aromatic rings. The highest BCUT2D eigenvalue weighted by molar-refractivity contribution is 4.82. The monoisotopic (exact) mass is 139 g/mol. The maximum absolute atomic E-state index is 11.6. The van der Waals surface area contributed by atoms with Gasteiger partial charge in [-0.2, -0.15) is 13.2 Å². The van der Waals surface area contributed by atoms with Gasteiger partial charge in [-0.3, -0.25) is 0 Å². The van der Waals surface area contributed by atoms with E-state index in [4.69, 9.17) is 0 Å². The lowest BCUT2D eigenvalue weighted by Crippen LogP contribution is -2.50. The fourth-order valence-corrected chi connectivity index (χ4v) is 0.906. The minimum Gasteiger partial charge on any atom is -0.305 e. The van der Waals surface area contributed by atoms with Gasteiger partial charge in [0.15, 0.2) is 0 Å². The average molecular weight is 139 g/mol. The van der Waals surface area contributed by atoms with Crippen molar-refractivity contribution in [3.8, 4) is 0 Å². The molecule has 54 valence electrons. The summed E-state index contributed by atoms with van der Waals surface area (Å²) in [5.41, 5.74) is 0. The van der Waals surface area contributed by atoms with E-state index in [1.807, 2.05) is 0 Å². The van der Waals surface area contributed by atoms with Gasteiger partial charge >= 0.3 is 6.18 Å². The molecular weight excluding hydrogens is 131 g/mol. The molecule has 0 N–H and O–H groups in total. The van der Waals surface area contributed by atoms with Crippen molar-refractivity contribution < 1.29 is 13.2 Å². The van der Waals surface area contributed by atoms with Crippen molar-refractivity contribution in [1.29, 1.82) is 0 Å². The lowest BCUT2D eigenvalue weighted by Gasteiger charge is -2.37. The first-order valence-corrected chi connectivity index (χ1v) is 2.75. The number of halogens is 3. The first kappa shape index (κ1) is 6.86. The minimum atomic E-state index is -3.97. The topological polar surface area (TPSA) is 3.24 Å². The lowest BCUT2D eigenvalue weighted by atomic mass is 10.0. The summed E-state index contributed by atoms with van der Waals surface area (Å²) in [4.78, 5) is 1.65. The Hall–Kier alpha value is -0.250. The second kappa shape index (κ2) is 1.87. The molecule has 0 radical (unpaired) electrons. The van der Waals surface area contributed by atoms with Crippen LogP contribution in [0.1, 0.15) is 0 Å². The van der Waals surface area contributed by atoms with Crippen molar-refractivity contribution in [2.75, 3.05) is 20.1 Å². The van der Waals surface area contributed by atoms with Gasteiger partial charge in [-0.05, 0) is 7.05 Å². The van der Waals surface area contributed by atoms with Gasteiger partial charge in [0.2, 0.25) is 0 Å². The van der Waals surface area contributed by atoms with E-state index in [0.29, 0.717) is 0 Å². The van der Waals surface area contributed by atoms with Crippen LogP contribution in [0.3, 0.4) is 0 Å². The largest absolute Gasteiger partial charge is 0.394 e. The SMILES string of the molecule is CN1CC(C(F)(F)F)C1. The van der Waals surface area contributed by atoms with Crippen LogP contribution in [0.4, 0.5) is 13.2 Å². The maximum Gasteiger partial charge on any atom is 0.394 e. The van der Waals surface area contributed by atoms with Gasteiger partial charge in [0, 0.05) is 13.1 Å². The van der Waals surface area contributed by atoms with Gasteiger partial charge in [-0.25, -0.2) is 0 Å². The summed E-state index contributed by atoms with van der Waals surface area (Å²) < 4.78 is 34.9. The molecule has 1 rings (SSSR count). The van der Waals surface area contributed by atoms with Crippen molar-refractivity contribution in [3.63, 3.8) is 0 Å². The lowest BCUT2D eigenvalue weighted by molar-refractivity contribution is -0.205. The van der Waals surface area contributed by atoms with Crippen LogP contribution in [-0.4, -0.2) is 31.2 Å². The number of likely N-dealkylation sites (tertiary alicyclic amines) is 1. The molecule has 9 heavy (non-hydrogen) atoms. The zero-order chi connectivity index (χ0) is 7.07. The molecule has 1 aliphatic rings. The minimum absolute atomic E-state index is 0.170. The van der Waals surface area contributed by atoms with Crippen molar-refractivity contribution in [3.05, 3.63) is 0 Å². The van der Waals surface area contributed by atoms with Crippen molar-refractivity contribution in [2.45, 2.75) is 6.18 Å². The molecule has 1 aliphatic heterocycles. The summed E-state index contributed by atoms with van der Waals surface area (Å²) in [5, 5.41) is 0. The summed E-state index contributed by atoms with van der Waals surface area (Å²) in [6.07, 6.45) is -3.97. The molecule has 0 aliphatic carbocycles. The molecule has 0 amide bonds. The second-order valence-corrected chi connectivity index (χ2v) is 2.46. The Morgan fingerprint density at radius 1 is 1.33 bits per heavy atom. The van der Waals surface area contributed by atoms with E-state index >= 15 is 0 Å². The Bertz CT molecular complexity index is 103.